The first kappa shape index (κ1) is 16.2. The van der Waals surface area contributed by atoms with E-state index in [2.05, 4.69) is 6.92 Å². The van der Waals surface area contributed by atoms with Gasteiger partial charge in [0.1, 0.15) is 5.75 Å². The van der Waals surface area contributed by atoms with Crippen molar-refractivity contribution in [2.75, 3.05) is 6.61 Å². The fraction of sp³-hybridized carbons (Fsp3) is 0.571. The van der Waals surface area contributed by atoms with Crippen LogP contribution >= 0.6 is 7.82 Å². The summed E-state index contributed by atoms with van der Waals surface area (Å²) in [5.74, 6) is 0.402. The second kappa shape index (κ2) is 7.68. The maximum absolute atomic E-state index is 11.8. The Morgan fingerprint density at radius 2 is 1.95 bits per heavy atom. The Balaban J connectivity index is 2.50. The monoisotopic (exact) mass is 286 g/mol. The molecule has 5 heteroatoms. The highest BCUT2D eigenvalue weighted by molar-refractivity contribution is 7.47. The number of rotatable bonds is 8. The molecule has 1 aromatic rings. The lowest BCUT2D eigenvalue weighted by molar-refractivity contribution is 0.199. The highest BCUT2D eigenvalue weighted by Gasteiger charge is 2.23. The van der Waals surface area contributed by atoms with Gasteiger partial charge >= 0.3 is 7.82 Å². The molecule has 1 N–H and O–H groups in total. The molecule has 4 nitrogen and oxygen atoms in total. The molecule has 0 fully saturated rings. The predicted octanol–water partition coefficient (Wildman–Crippen LogP) is 4.38. The third-order valence-corrected chi connectivity index (χ3v) is 3.96. The molecular formula is C14H23O4P. The summed E-state index contributed by atoms with van der Waals surface area (Å²) in [5, 5.41) is 0. The molecule has 0 heterocycles. The quantitative estimate of drug-likeness (QED) is 0.569. The fourth-order valence-corrected chi connectivity index (χ4v) is 2.54. The van der Waals surface area contributed by atoms with Gasteiger partial charge in [0.15, 0.2) is 0 Å². The van der Waals surface area contributed by atoms with Gasteiger partial charge in [0.2, 0.25) is 0 Å². The molecule has 0 spiro atoms. The number of benzene rings is 1. The van der Waals surface area contributed by atoms with Crippen LogP contribution in [0.2, 0.25) is 0 Å². The maximum Gasteiger partial charge on any atom is 0.527 e. The van der Waals surface area contributed by atoms with Gasteiger partial charge in [0, 0.05) is 0 Å². The van der Waals surface area contributed by atoms with E-state index in [1.807, 2.05) is 19.9 Å². The van der Waals surface area contributed by atoms with Gasteiger partial charge < -0.3 is 4.52 Å². The summed E-state index contributed by atoms with van der Waals surface area (Å²) >= 11 is 0. The molecule has 1 rings (SSSR count). The van der Waals surface area contributed by atoms with Gasteiger partial charge in [-0.2, -0.15) is 0 Å². The molecule has 0 aliphatic heterocycles. The lowest BCUT2D eigenvalue weighted by Crippen LogP contribution is -2.00. The van der Waals surface area contributed by atoms with E-state index in [4.69, 9.17) is 9.05 Å². The van der Waals surface area contributed by atoms with Crippen LogP contribution in [0.25, 0.3) is 0 Å². The van der Waals surface area contributed by atoms with Crippen molar-refractivity contribution in [1.29, 1.82) is 0 Å². The van der Waals surface area contributed by atoms with Gasteiger partial charge in [-0.05, 0) is 37.5 Å². The molecule has 19 heavy (non-hydrogen) atoms. The van der Waals surface area contributed by atoms with Crippen LogP contribution < -0.4 is 4.52 Å². The third kappa shape index (κ3) is 5.77. The topological polar surface area (TPSA) is 55.8 Å². The molecule has 0 aliphatic rings. The van der Waals surface area contributed by atoms with Gasteiger partial charge in [-0.25, -0.2) is 4.57 Å². The SMILES string of the molecule is CCCCCCOP(=O)(O)Oc1cccc(C)c1C. The van der Waals surface area contributed by atoms with Crippen LogP contribution in [0.4, 0.5) is 0 Å². The smallest absolute Gasteiger partial charge is 0.404 e. The van der Waals surface area contributed by atoms with Crippen molar-refractivity contribution in [3.05, 3.63) is 29.3 Å². The van der Waals surface area contributed by atoms with Crippen LogP contribution in [0.15, 0.2) is 18.2 Å². The minimum atomic E-state index is -4.01. The van der Waals surface area contributed by atoms with Crippen LogP contribution in [0.5, 0.6) is 5.75 Å². The first-order valence-electron chi connectivity index (χ1n) is 6.69. The summed E-state index contributed by atoms with van der Waals surface area (Å²) in [6.07, 6.45) is 4.00. The summed E-state index contributed by atoms with van der Waals surface area (Å²) in [4.78, 5) is 9.65. The molecule has 0 aromatic heterocycles. The standard InChI is InChI=1S/C14H23O4P/c1-4-5-6-7-11-17-19(15,16)18-14-10-8-9-12(2)13(14)3/h8-10H,4-7,11H2,1-3H3,(H,15,16). The largest absolute Gasteiger partial charge is 0.527 e. The molecule has 0 amide bonds. The third-order valence-electron chi connectivity index (χ3n) is 3.02. The van der Waals surface area contributed by atoms with E-state index in [1.54, 1.807) is 12.1 Å². The van der Waals surface area contributed by atoms with Gasteiger partial charge in [-0.3, -0.25) is 9.42 Å². The van der Waals surface area contributed by atoms with Crippen molar-refractivity contribution in [3.8, 4) is 5.75 Å². The second-order valence-electron chi connectivity index (χ2n) is 4.65. The van der Waals surface area contributed by atoms with E-state index >= 15 is 0 Å². The van der Waals surface area contributed by atoms with E-state index in [1.165, 1.54) is 0 Å². The molecule has 0 aliphatic carbocycles. The van der Waals surface area contributed by atoms with Crippen molar-refractivity contribution in [3.63, 3.8) is 0 Å². The van der Waals surface area contributed by atoms with Crippen LogP contribution in [-0.2, 0) is 9.09 Å². The molecule has 1 aromatic carbocycles. The number of aryl methyl sites for hydroxylation is 1. The van der Waals surface area contributed by atoms with Crippen LogP contribution in [0, 0.1) is 13.8 Å². The highest BCUT2D eigenvalue weighted by atomic mass is 31.2. The number of phosphoric ester groups is 1. The number of phosphoric acid groups is 1. The van der Waals surface area contributed by atoms with Crippen LogP contribution in [0.1, 0.15) is 43.7 Å². The molecule has 0 bridgehead atoms. The van der Waals surface area contributed by atoms with Crippen molar-refractivity contribution >= 4 is 7.82 Å². The molecule has 0 saturated carbocycles. The summed E-state index contributed by atoms with van der Waals surface area (Å²) in [6, 6.07) is 5.39. The molecule has 0 radical (unpaired) electrons. The molecule has 0 saturated heterocycles. The van der Waals surface area contributed by atoms with Crippen molar-refractivity contribution in [1.82, 2.24) is 0 Å². The van der Waals surface area contributed by atoms with Crippen LogP contribution in [-0.4, -0.2) is 11.5 Å². The Labute approximate surface area is 115 Å². The van der Waals surface area contributed by atoms with Gasteiger partial charge in [-0.1, -0.05) is 38.3 Å². The minimum absolute atomic E-state index is 0.249. The molecular weight excluding hydrogens is 263 g/mol. The molecule has 108 valence electrons. The lowest BCUT2D eigenvalue weighted by Gasteiger charge is -2.15. The minimum Gasteiger partial charge on any atom is -0.404 e. The van der Waals surface area contributed by atoms with Crippen molar-refractivity contribution in [2.45, 2.75) is 46.5 Å². The maximum atomic E-state index is 11.8. The van der Waals surface area contributed by atoms with Crippen molar-refractivity contribution < 1.29 is 18.5 Å². The molecule has 1 atom stereocenters. The second-order valence-corrected chi connectivity index (χ2v) is 6.03. The van der Waals surface area contributed by atoms with Gasteiger partial charge in [0.05, 0.1) is 6.61 Å². The average Bonchev–Trinajstić information content (AvgIpc) is 2.34. The van der Waals surface area contributed by atoms with E-state index in [0.29, 0.717) is 5.75 Å². The first-order chi connectivity index (χ1) is 8.96. The molecule has 1 unspecified atom stereocenters. The van der Waals surface area contributed by atoms with E-state index in [0.717, 1.165) is 36.8 Å². The zero-order valence-electron chi connectivity index (χ0n) is 11.9. The van der Waals surface area contributed by atoms with E-state index < -0.39 is 7.82 Å². The van der Waals surface area contributed by atoms with E-state index in [9.17, 15) is 9.46 Å². The summed E-state index contributed by atoms with van der Waals surface area (Å²) in [5.41, 5.74) is 1.87. The zero-order chi connectivity index (χ0) is 14.3. The zero-order valence-corrected chi connectivity index (χ0v) is 12.8. The number of hydrogen-bond donors (Lipinski definition) is 1. The Bertz CT molecular complexity index is 445. The van der Waals surface area contributed by atoms with Crippen LogP contribution in [0.3, 0.4) is 0 Å². The highest BCUT2D eigenvalue weighted by Crippen LogP contribution is 2.45. The fourth-order valence-electron chi connectivity index (χ4n) is 1.68. The summed E-state index contributed by atoms with van der Waals surface area (Å²) < 4.78 is 21.9. The van der Waals surface area contributed by atoms with Gasteiger partial charge in [-0.15, -0.1) is 0 Å². The Hall–Kier alpha value is -0.830. The van der Waals surface area contributed by atoms with Crippen molar-refractivity contribution in [2.24, 2.45) is 0 Å². The Kier molecular flexibility index (Phi) is 6.56. The summed E-state index contributed by atoms with van der Waals surface area (Å²) in [7, 11) is -4.01. The predicted molar refractivity (Wildman–Crippen MR) is 76.5 cm³/mol. The lowest BCUT2D eigenvalue weighted by atomic mass is 10.1. The van der Waals surface area contributed by atoms with Gasteiger partial charge in [0.25, 0.3) is 0 Å². The normalized spacial score (nSPS) is 14.1. The first-order valence-corrected chi connectivity index (χ1v) is 8.19. The number of unbranched alkanes of at least 4 members (excludes halogenated alkanes) is 3. The number of hydrogen-bond acceptors (Lipinski definition) is 3. The average molecular weight is 286 g/mol. The van der Waals surface area contributed by atoms with E-state index in [-0.39, 0.29) is 6.61 Å². The Morgan fingerprint density at radius 3 is 2.63 bits per heavy atom. The Morgan fingerprint density at radius 1 is 1.21 bits per heavy atom. The summed E-state index contributed by atoms with van der Waals surface area (Å²) in [6.45, 7) is 6.14.